The van der Waals surface area contributed by atoms with Crippen molar-refractivity contribution in [3.8, 4) is 12.3 Å². The van der Waals surface area contributed by atoms with Crippen molar-refractivity contribution in [3.05, 3.63) is 0 Å². The maximum Gasteiger partial charge on any atom is 0.0574 e. The molecular formula is C16H30N2. The smallest absolute Gasteiger partial charge is 0.0574 e. The van der Waals surface area contributed by atoms with E-state index in [1.165, 1.54) is 38.6 Å². The van der Waals surface area contributed by atoms with Crippen molar-refractivity contribution >= 4 is 0 Å². The number of rotatable bonds is 8. The van der Waals surface area contributed by atoms with Gasteiger partial charge in [-0.05, 0) is 38.6 Å². The van der Waals surface area contributed by atoms with Gasteiger partial charge >= 0.3 is 0 Å². The summed E-state index contributed by atoms with van der Waals surface area (Å²) < 4.78 is 0. The normalized spacial score (nSPS) is 18.4. The summed E-state index contributed by atoms with van der Waals surface area (Å²) in [5.41, 5.74) is 0. The number of terminal acetylenes is 1. The Bertz CT molecular complexity index is 248. The summed E-state index contributed by atoms with van der Waals surface area (Å²) in [5.74, 6) is 3.44. The van der Waals surface area contributed by atoms with Gasteiger partial charge in [0.15, 0.2) is 0 Å². The van der Waals surface area contributed by atoms with Crippen LogP contribution in [0.4, 0.5) is 0 Å². The number of hydrogen-bond acceptors (Lipinski definition) is 2. The first kappa shape index (κ1) is 15.5. The predicted molar refractivity (Wildman–Crippen MR) is 79.6 cm³/mol. The summed E-state index contributed by atoms with van der Waals surface area (Å²) in [5, 5.41) is 3.35. The number of nitrogens with one attached hydrogen (secondary N) is 1. The summed E-state index contributed by atoms with van der Waals surface area (Å²) in [4.78, 5) is 2.72. The lowest BCUT2D eigenvalue weighted by atomic mass is 10.1. The van der Waals surface area contributed by atoms with E-state index in [1.54, 1.807) is 0 Å². The molecule has 0 amide bonds. The van der Waals surface area contributed by atoms with Crippen LogP contribution in [-0.4, -0.2) is 36.6 Å². The molecule has 2 nitrogen and oxygen atoms in total. The van der Waals surface area contributed by atoms with Crippen molar-refractivity contribution in [2.24, 2.45) is 5.92 Å². The molecule has 0 radical (unpaired) electrons. The fourth-order valence-electron chi connectivity index (χ4n) is 2.88. The van der Waals surface area contributed by atoms with Crippen LogP contribution in [0.25, 0.3) is 0 Å². The highest BCUT2D eigenvalue weighted by Gasteiger charge is 2.25. The third kappa shape index (κ3) is 5.42. The average molecular weight is 250 g/mol. The first-order valence-electron chi connectivity index (χ1n) is 7.55. The zero-order valence-corrected chi connectivity index (χ0v) is 12.4. The van der Waals surface area contributed by atoms with E-state index in [-0.39, 0.29) is 0 Å². The highest BCUT2D eigenvalue weighted by Crippen LogP contribution is 2.25. The van der Waals surface area contributed by atoms with Gasteiger partial charge in [-0.3, -0.25) is 4.90 Å². The molecule has 1 N–H and O–H groups in total. The molecule has 0 saturated heterocycles. The van der Waals surface area contributed by atoms with E-state index in [1.807, 2.05) is 0 Å². The molecular weight excluding hydrogens is 220 g/mol. The molecule has 0 aliphatic heterocycles. The van der Waals surface area contributed by atoms with E-state index in [9.17, 15) is 0 Å². The quantitative estimate of drug-likeness (QED) is 0.526. The average Bonchev–Trinajstić information content (AvgIpc) is 2.83. The van der Waals surface area contributed by atoms with E-state index in [0.717, 1.165) is 18.5 Å². The number of hydrogen-bond donors (Lipinski definition) is 1. The van der Waals surface area contributed by atoms with Gasteiger partial charge in [-0.15, -0.1) is 6.42 Å². The molecule has 0 aromatic carbocycles. The second-order valence-electron chi connectivity index (χ2n) is 6.04. The van der Waals surface area contributed by atoms with Gasteiger partial charge in [-0.25, -0.2) is 0 Å². The highest BCUT2D eigenvalue weighted by molar-refractivity contribution is 4.88. The lowest BCUT2D eigenvalue weighted by Gasteiger charge is -2.35. The largest absolute Gasteiger partial charge is 0.305 e. The maximum atomic E-state index is 5.29. The van der Waals surface area contributed by atoms with Crippen molar-refractivity contribution in [1.29, 1.82) is 0 Å². The molecule has 1 unspecified atom stereocenters. The molecule has 1 aliphatic rings. The van der Waals surface area contributed by atoms with Gasteiger partial charge < -0.3 is 5.32 Å². The van der Waals surface area contributed by atoms with Gasteiger partial charge in [0.1, 0.15) is 0 Å². The second-order valence-corrected chi connectivity index (χ2v) is 6.04. The summed E-state index contributed by atoms with van der Waals surface area (Å²) in [6.07, 6.45) is 12.2. The maximum absolute atomic E-state index is 5.29. The van der Waals surface area contributed by atoms with Crippen LogP contribution in [0.3, 0.4) is 0 Å². The van der Waals surface area contributed by atoms with Gasteiger partial charge in [-0.2, -0.15) is 0 Å². The van der Waals surface area contributed by atoms with Gasteiger partial charge in [0.2, 0.25) is 0 Å². The van der Waals surface area contributed by atoms with Crippen molar-refractivity contribution in [1.82, 2.24) is 10.2 Å². The Balaban J connectivity index is 2.44. The molecule has 0 bridgehead atoms. The van der Waals surface area contributed by atoms with Crippen LogP contribution in [0.1, 0.15) is 52.9 Å². The molecule has 0 spiro atoms. The van der Waals surface area contributed by atoms with Gasteiger partial charge in [0.25, 0.3) is 0 Å². The van der Waals surface area contributed by atoms with Crippen LogP contribution in [0.5, 0.6) is 0 Å². The van der Waals surface area contributed by atoms with Crippen LogP contribution >= 0.6 is 0 Å². The molecule has 1 atom stereocenters. The number of nitrogens with zero attached hydrogens (tertiary/aromatic N) is 1. The minimum absolute atomic E-state index is 0.597. The standard InChI is InChI=1S/C16H30N2/c1-5-11-17-13-15(4)18(12-10-14(2)3)16-8-6-7-9-16/h1,14-17H,6-13H2,2-4H3. The van der Waals surface area contributed by atoms with Crippen LogP contribution in [0.15, 0.2) is 0 Å². The lowest BCUT2D eigenvalue weighted by molar-refractivity contribution is 0.136. The zero-order chi connectivity index (χ0) is 13.4. The molecule has 104 valence electrons. The van der Waals surface area contributed by atoms with E-state index >= 15 is 0 Å². The molecule has 0 heterocycles. The lowest BCUT2D eigenvalue weighted by Crippen LogP contribution is -2.46. The Morgan fingerprint density at radius 2 is 1.94 bits per heavy atom. The molecule has 0 aromatic rings. The first-order valence-corrected chi connectivity index (χ1v) is 7.55. The van der Waals surface area contributed by atoms with E-state index in [4.69, 9.17) is 6.42 Å². The van der Waals surface area contributed by atoms with Gasteiger partial charge in [0.05, 0.1) is 6.54 Å². The molecule has 1 saturated carbocycles. The van der Waals surface area contributed by atoms with E-state index < -0.39 is 0 Å². The fourth-order valence-corrected chi connectivity index (χ4v) is 2.88. The van der Waals surface area contributed by atoms with Crippen LogP contribution in [0, 0.1) is 18.3 Å². The minimum atomic E-state index is 0.597. The Morgan fingerprint density at radius 1 is 1.28 bits per heavy atom. The summed E-state index contributed by atoms with van der Waals surface area (Å²) >= 11 is 0. The Morgan fingerprint density at radius 3 is 2.50 bits per heavy atom. The monoisotopic (exact) mass is 250 g/mol. The highest BCUT2D eigenvalue weighted by atomic mass is 15.2. The zero-order valence-electron chi connectivity index (χ0n) is 12.4. The third-order valence-corrected chi connectivity index (χ3v) is 3.99. The molecule has 1 aliphatic carbocycles. The van der Waals surface area contributed by atoms with E-state index in [0.29, 0.717) is 12.6 Å². The molecule has 18 heavy (non-hydrogen) atoms. The SMILES string of the molecule is C#CCNCC(C)N(CCC(C)C)C1CCCC1. The Hall–Kier alpha value is -0.520. The van der Waals surface area contributed by atoms with Crippen molar-refractivity contribution in [3.63, 3.8) is 0 Å². The summed E-state index contributed by atoms with van der Waals surface area (Å²) in [7, 11) is 0. The third-order valence-electron chi connectivity index (χ3n) is 3.99. The Labute approximate surface area is 114 Å². The molecule has 0 aromatic heterocycles. The minimum Gasteiger partial charge on any atom is -0.305 e. The molecule has 1 fully saturated rings. The van der Waals surface area contributed by atoms with Gasteiger partial charge in [-0.1, -0.05) is 32.6 Å². The van der Waals surface area contributed by atoms with Crippen LogP contribution in [0.2, 0.25) is 0 Å². The summed E-state index contributed by atoms with van der Waals surface area (Å²) in [6.45, 7) is 9.90. The van der Waals surface area contributed by atoms with Crippen LogP contribution < -0.4 is 5.32 Å². The van der Waals surface area contributed by atoms with E-state index in [2.05, 4.69) is 36.9 Å². The van der Waals surface area contributed by atoms with Crippen LogP contribution in [-0.2, 0) is 0 Å². The molecule has 1 rings (SSSR count). The first-order chi connectivity index (χ1) is 8.65. The van der Waals surface area contributed by atoms with Crippen molar-refractivity contribution in [2.45, 2.75) is 65.0 Å². The fraction of sp³-hybridized carbons (Fsp3) is 0.875. The Kier molecular flexibility index (Phi) is 7.39. The van der Waals surface area contributed by atoms with Gasteiger partial charge in [0, 0.05) is 18.6 Å². The van der Waals surface area contributed by atoms with Crippen molar-refractivity contribution < 1.29 is 0 Å². The predicted octanol–water partition coefficient (Wildman–Crippen LogP) is 2.89. The van der Waals surface area contributed by atoms with Crippen molar-refractivity contribution in [2.75, 3.05) is 19.6 Å². The topological polar surface area (TPSA) is 15.3 Å². The summed E-state index contributed by atoms with van der Waals surface area (Å²) in [6, 6.07) is 1.41. The molecule has 2 heteroatoms. The second kappa shape index (κ2) is 8.56.